The van der Waals surface area contributed by atoms with E-state index in [2.05, 4.69) is 10.5 Å². The van der Waals surface area contributed by atoms with Gasteiger partial charge in [-0.2, -0.15) is 0 Å². The summed E-state index contributed by atoms with van der Waals surface area (Å²) < 4.78 is 10.9. The van der Waals surface area contributed by atoms with Crippen LogP contribution in [-0.2, 0) is 11.3 Å². The minimum atomic E-state index is 0. The van der Waals surface area contributed by atoms with Crippen molar-refractivity contribution in [2.24, 2.45) is 0 Å². The summed E-state index contributed by atoms with van der Waals surface area (Å²) in [5.74, 6) is 0.851. The summed E-state index contributed by atoms with van der Waals surface area (Å²) in [6, 6.07) is 3.31. The molecule has 3 heterocycles. The van der Waals surface area contributed by atoms with Gasteiger partial charge in [-0.15, -0.1) is 12.4 Å². The van der Waals surface area contributed by atoms with Crippen LogP contribution in [0.5, 0.6) is 0 Å². The van der Waals surface area contributed by atoms with E-state index in [1.165, 1.54) is 12.8 Å². The van der Waals surface area contributed by atoms with Gasteiger partial charge in [0.1, 0.15) is 11.5 Å². The molecule has 1 aromatic rings. The zero-order chi connectivity index (χ0) is 11.0. The van der Waals surface area contributed by atoms with Crippen molar-refractivity contribution < 1.29 is 9.26 Å². The summed E-state index contributed by atoms with van der Waals surface area (Å²) in [6.45, 7) is 2.49. The van der Waals surface area contributed by atoms with Crippen LogP contribution in [0.25, 0.3) is 0 Å². The van der Waals surface area contributed by atoms with Gasteiger partial charge in [0.25, 0.3) is 0 Å². The van der Waals surface area contributed by atoms with E-state index >= 15 is 0 Å². The SMILES string of the molecule is Cc1cc(COC2CC3CCC(C2)N3)no1.Cl. The van der Waals surface area contributed by atoms with Crippen molar-refractivity contribution in [3.8, 4) is 0 Å². The van der Waals surface area contributed by atoms with Crippen molar-refractivity contribution in [1.82, 2.24) is 10.5 Å². The van der Waals surface area contributed by atoms with Gasteiger partial charge >= 0.3 is 0 Å². The maximum Gasteiger partial charge on any atom is 0.134 e. The molecule has 1 aromatic heterocycles. The first kappa shape index (κ1) is 12.9. The predicted molar refractivity (Wildman–Crippen MR) is 66.2 cm³/mol. The lowest BCUT2D eigenvalue weighted by molar-refractivity contribution is 0.00668. The van der Waals surface area contributed by atoms with Crippen molar-refractivity contribution in [2.75, 3.05) is 0 Å². The van der Waals surface area contributed by atoms with Crippen LogP contribution in [-0.4, -0.2) is 23.3 Å². The molecule has 0 spiro atoms. The molecule has 2 atom stereocenters. The van der Waals surface area contributed by atoms with E-state index in [1.54, 1.807) is 0 Å². The number of rotatable bonds is 3. The number of hydrogen-bond acceptors (Lipinski definition) is 4. The Balaban J connectivity index is 0.00000108. The second kappa shape index (κ2) is 5.38. The fraction of sp³-hybridized carbons (Fsp3) is 0.750. The van der Waals surface area contributed by atoms with Gasteiger partial charge in [-0.05, 0) is 32.6 Å². The summed E-state index contributed by atoms with van der Waals surface area (Å²) in [7, 11) is 0. The number of piperidine rings is 1. The van der Waals surface area contributed by atoms with Crippen LogP contribution in [0.2, 0.25) is 0 Å². The van der Waals surface area contributed by atoms with Crippen molar-refractivity contribution in [3.63, 3.8) is 0 Å². The number of nitrogens with zero attached hydrogens (tertiary/aromatic N) is 1. The lowest BCUT2D eigenvalue weighted by Gasteiger charge is -2.28. The molecule has 96 valence electrons. The van der Waals surface area contributed by atoms with E-state index in [9.17, 15) is 0 Å². The monoisotopic (exact) mass is 258 g/mol. The highest BCUT2D eigenvalue weighted by atomic mass is 35.5. The molecule has 2 aliphatic heterocycles. The lowest BCUT2D eigenvalue weighted by atomic mass is 10.0. The smallest absolute Gasteiger partial charge is 0.134 e. The Morgan fingerprint density at radius 2 is 2.12 bits per heavy atom. The lowest BCUT2D eigenvalue weighted by Crippen LogP contribution is -2.41. The third-order valence-corrected chi connectivity index (χ3v) is 3.57. The van der Waals surface area contributed by atoms with Crippen LogP contribution in [0.4, 0.5) is 0 Å². The van der Waals surface area contributed by atoms with E-state index in [4.69, 9.17) is 9.26 Å². The fourth-order valence-corrected chi connectivity index (χ4v) is 2.83. The van der Waals surface area contributed by atoms with E-state index in [-0.39, 0.29) is 12.4 Å². The van der Waals surface area contributed by atoms with E-state index in [0.29, 0.717) is 24.8 Å². The number of aryl methyl sites for hydroxylation is 1. The number of hydrogen-bond donors (Lipinski definition) is 1. The van der Waals surface area contributed by atoms with Crippen LogP contribution in [0.1, 0.15) is 37.1 Å². The van der Waals surface area contributed by atoms with Crippen LogP contribution in [0.15, 0.2) is 10.6 Å². The average Bonchev–Trinajstić information content (AvgIpc) is 2.83. The summed E-state index contributed by atoms with van der Waals surface area (Å²) in [4.78, 5) is 0. The third-order valence-electron chi connectivity index (χ3n) is 3.57. The Morgan fingerprint density at radius 1 is 1.41 bits per heavy atom. The molecule has 1 N–H and O–H groups in total. The van der Waals surface area contributed by atoms with Crippen LogP contribution >= 0.6 is 12.4 Å². The molecule has 0 saturated carbocycles. The van der Waals surface area contributed by atoms with Crippen molar-refractivity contribution >= 4 is 12.4 Å². The van der Waals surface area contributed by atoms with Crippen molar-refractivity contribution in [2.45, 2.75) is 57.4 Å². The van der Waals surface area contributed by atoms with Gasteiger partial charge in [-0.25, -0.2) is 0 Å². The molecule has 4 nitrogen and oxygen atoms in total. The van der Waals surface area contributed by atoms with Crippen molar-refractivity contribution in [1.29, 1.82) is 0 Å². The first-order valence-electron chi connectivity index (χ1n) is 6.09. The standard InChI is InChI=1S/C12H18N2O2.ClH/c1-8-4-11(14-16-8)7-15-12-5-9-2-3-10(6-12)13-9;/h4,9-10,12-13H,2-3,5-7H2,1H3;1H. The third kappa shape index (κ3) is 3.00. The normalized spacial score (nSPS) is 31.2. The molecule has 2 aliphatic rings. The second-order valence-electron chi connectivity index (χ2n) is 4.97. The van der Waals surface area contributed by atoms with E-state index in [1.807, 2.05) is 13.0 Å². The quantitative estimate of drug-likeness (QED) is 0.903. The molecule has 0 aliphatic carbocycles. The average molecular weight is 259 g/mol. The summed E-state index contributed by atoms with van der Waals surface area (Å²) in [6.07, 6.45) is 5.32. The highest BCUT2D eigenvalue weighted by molar-refractivity contribution is 5.85. The molecule has 17 heavy (non-hydrogen) atoms. The number of fused-ring (bicyclic) bond motifs is 2. The highest BCUT2D eigenvalue weighted by Gasteiger charge is 2.33. The number of ether oxygens (including phenoxy) is 1. The Kier molecular flexibility index (Phi) is 4.07. The van der Waals surface area contributed by atoms with E-state index in [0.717, 1.165) is 24.3 Å². The topological polar surface area (TPSA) is 47.3 Å². The van der Waals surface area contributed by atoms with E-state index < -0.39 is 0 Å². The zero-order valence-electron chi connectivity index (χ0n) is 10.0. The Labute approximate surface area is 107 Å². The Bertz CT molecular complexity index is 357. The maximum atomic E-state index is 5.90. The number of aromatic nitrogens is 1. The zero-order valence-corrected chi connectivity index (χ0v) is 10.8. The van der Waals surface area contributed by atoms with Gasteiger partial charge in [-0.3, -0.25) is 0 Å². The minimum Gasteiger partial charge on any atom is -0.372 e. The van der Waals surface area contributed by atoms with Crippen LogP contribution in [0.3, 0.4) is 0 Å². The number of nitrogens with one attached hydrogen (secondary N) is 1. The molecule has 2 saturated heterocycles. The molecule has 0 aromatic carbocycles. The summed E-state index contributed by atoms with van der Waals surface area (Å²) in [5.41, 5.74) is 0.906. The summed E-state index contributed by atoms with van der Waals surface area (Å²) in [5, 5.41) is 7.55. The first-order chi connectivity index (χ1) is 7.79. The Hall–Kier alpha value is -0.580. The van der Waals surface area contributed by atoms with Gasteiger partial charge in [-0.1, -0.05) is 5.16 Å². The van der Waals surface area contributed by atoms with Gasteiger partial charge in [0.15, 0.2) is 0 Å². The van der Waals surface area contributed by atoms with Gasteiger partial charge in [0.2, 0.25) is 0 Å². The van der Waals surface area contributed by atoms with Crippen LogP contribution < -0.4 is 5.32 Å². The van der Waals surface area contributed by atoms with Gasteiger partial charge < -0.3 is 14.6 Å². The van der Waals surface area contributed by atoms with Crippen LogP contribution in [0, 0.1) is 6.92 Å². The summed E-state index contributed by atoms with van der Waals surface area (Å²) >= 11 is 0. The fourth-order valence-electron chi connectivity index (χ4n) is 2.83. The molecule has 2 fully saturated rings. The first-order valence-corrected chi connectivity index (χ1v) is 6.09. The van der Waals surface area contributed by atoms with Gasteiger partial charge in [0.05, 0.1) is 12.7 Å². The Morgan fingerprint density at radius 3 is 2.71 bits per heavy atom. The number of halogens is 1. The highest BCUT2D eigenvalue weighted by Crippen LogP contribution is 2.28. The molecule has 0 radical (unpaired) electrons. The molecule has 2 bridgehead atoms. The molecule has 5 heteroatoms. The largest absolute Gasteiger partial charge is 0.372 e. The molecular weight excluding hydrogens is 240 g/mol. The molecule has 3 rings (SSSR count). The molecule has 2 unspecified atom stereocenters. The molecular formula is C12H19ClN2O2. The minimum absolute atomic E-state index is 0. The van der Waals surface area contributed by atoms with Crippen molar-refractivity contribution in [3.05, 3.63) is 17.5 Å². The predicted octanol–water partition coefficient (Wildman–Crippen LogP) is 2.20. The van der Waals surface area contributed by atoms with Gasteiger partial charge in [0, 0.05) is 18.2 Å². The second-order valence-corrected chi connectivity index (χ2v) is 4.97. The maximum absolute atomic E-state index is 5.90. The molecule has 0 amide bonds.